The second-order valence-electron chi connectivity index (χ2n) is 4.16. The third-order valence-electron chi connectivity index (χ3n) is 2.86. The monoisotopic (exact) mass is 250 g/mol. The van der Waals surface area contributed by atoms with Gasteiger partial charge in [0.2, 0.25) is 0 Å². The standard InChI is InChI=1S/C12H14N2O4/c1-13-5-9(15)10(16)6-2-3-7-8(4-6)14-12(18)11(7)17/h2-4,9-10,13,15-16H,5H2,1H3,(H,14,17,18). The molecule has 0 spiro atoms. The number of benzene rings is 1. The summed E-state index contributed by atoms with van der Waals surface area (Å²) in [5.74, 6) is -1.26. The summed E-state index contributed by atoms with van der Waals surface area (Å²) < 4.78 is 0. The molecule has 0 aromatic heterocycles. The van der Waals surface area contributed by atoms with Crippen LogP contribution in [0.1, 0.15) is 22.0 Å². The zero-order chi connectivity index (χ0) is 13.3. The van der Waals surface area contributed by atoms with E-state index < -0.39 is 23.9 Å². The largest absolute Gasteiger partial charge is 0.389 e. The molecule has 0 fully saturated rings. The van der Waals surface area contributed by atoms with E-state index in [1.165, 1.54) is 18.2 Å². The van der Waals surface area contributed by atoms with E-state index in [2.05, 4.69) is 10.6 Å². The minimum atomic E-state index is -1.07. The van der Waals surface area contributed by atoms with Crippen molar-refractivity contribution in [3.8, 4) is 0 Å². The van der Waals surface area contributed by atoms with Crippen molar-refractivity contribution in [3.63, 3.8) is 0 Å². The molecule has 0 saturated heterocycles. The van der Waals surface area contributed by atoms with Crippen molar-refractivity contribution in [1.82, 2.24) is 5.32 Å². The topological polar surface area (TPSA) is 98.7 Å². The zero-order valence-electron chi connectivity index (χ0n) is 9.80. The number of fused-ring (bicyclic) bond motifs is 1. The van der Waals surface area contributed by atoms with Crippen LogP contribution < -0.4 is 10.6 Å². The summed E-state index contributed by atoms with van der Waals surface area (Å²) in [4.78, 5) is 22.5. The van der Waals surface area contributed by atoms with E-state index in [0.29, 0.717) is 16.8 Å². The van der Waals surface area contributed by atoms with Gasteiger partial charge in [-0.2, -0.15) is 0 Å². The summed E-state index contributed by atoms with van der Waals surface area (Å²) in [6, 6.07) is 4.50. The first-order valence-electron chi connectivity index (χ1n) is 5.55. The van der Waals surface area contributed by atoms with Crippen LogP contribution in [0.25, 0.3) is 0 Å². The summed E-state index contributed by atoms with van der Waals surface area (Å²) >= 11 is 0. The van der Waals surface area contributed by atoms with Gasteiger partial charge in [-0.3, -0.25) is 9.59 Å². The van der Waals surface area contributed by atoms with E-state index in [1.54, 1.807) is 7.05 Å². The van der Waals surface area contributed by atoms with E-state index in [1.807, 2.05) is 0 Å². The molecule has 1 aromatic carbocycles. The van der Waals surface area contributed by atoms with Gasteiger partial charge < -0.3 is 20.8 Å². The Morgan fingerprint density at radius 2 is 2.06 bits per heavy atom. The van der Waals surface area contributed by atoms with Crippen LogP contribution in [0.3, 0.4) is 0 Å². The fraction of sp³-hybridized carbons (Fsp3) is 0.333. The molecule has 96 valence electrons. The molecule has 2 rings (SSSR count). The Hall–Kier alpha value is -1.76. The van der Waals surface area contributed by atoms with E-state index in [9.17, 15) is 19.8 Å². The molecule has 0 aliphatic carbocycles. The quantitative estimate of drug-likeness (QED) is 0.537. The van der Waals surface area contributed by atoms with Gasteiger partial charge in [0.05, 0.1) is 17.4 Å². The van der Waals surface area contributed by atoms with Gasteiger partial charge in [-0.15, -0.1) is 0 Å². The molecule has 6 heteroatoms. The Balaban J connectivity index is 2.25. The van der Waals surface area contributed by atoms with Crippen LogP contribution >= 0.6 is 0 Å². The Bertz CT molecular complexity index is 501. The van der Waals surface area contributed by atoms with E-state index in [4.69, 9.17) is 0 Å². The molecule has 4 N–H and O–H groups in total. The predicted molar refractivity (Wildman–Crippen MR) is 64.3 cm³/mol. The number of aliphatic hydroxyl groups excluding tert-OH is 2. The average Bonchev–Trinajstić information content (AvgIpc) is 2.64. The summed E-state index contributed by atoms with van der Waals surface area (Å²) in [7, 11) is 1.66. The fourth-order valence-corrected chi connectivity index (χ4v) is 1.89. The number of aliphatic hydroxyl groups is 2. The molecular weight excluding hydrogens is 236 g/mol. The van der Waals surface area contributed by atoms with E-state index in [0.717, 1.165) is 0 Å². The Morgan fingerprint density at radius 3 is 2.72 bits per heavy atom. The number of nitrogens with one attached hydrogen (secondary N) is 2. The van der Waals surface area contributed by atoms with Crippen molar-refractivity contribution >= 4 is 17.4 Å². The maximum Gasteiger partial charge on any atom is 0.296 e. The Labute approximate surface area is 104 Å². The van der Waals surface area contributed by atoms with Gasteiger partial charge in [0.25, 0.3) is 11.7 Å². The van der Waals surface area contributed by atoms with Crippen LogP contribution in [-0.2, 0) is 4.79 Å². The van der Waals surface area contributed by atoms with Crippen LogP contribution in [0.4, 0.5) is 5.69 Å². The number of Topliss-reactive ketones (excluding diaryl/α,β-unsaturated/α-hetero) is 1. The molecule has 2 atom stereocenters. The molecule has 1 aliphatic rings. The number of amides is 1. The van der Waals surface area contributed by atoms with Gasteiger partial charge in [-0.1, -0.05) is 6.07 Å². The van der Waals surface area contributed by atoms with Gasteiger partial charge >= 0.3 is 0 Å². The van der Waals surface area contributed by atoms with Gasteiger partial charge in [0.1, 0.15) is 6.10 Å². The number of hydrogen-bond acceptors (Lipinski definition) is 5. The summed E-state index contributed by atoms with van der Waals surface area (Å²) in [5, 5.41) is 24.7. The van der Waals surface area contributed by atoms with Crippen LogP contribution in [0.15, 0.2) is 18.2 Å². The van der Waals surface area contributed by atoms with Crippen molar-refractivity contribution in [2.24, 2.45) is 0 Å². The number of anilines is 1. The first-order valence-corrected chi connectivity index (χ1v) is 5.55. The molecule has 1 aromatic rings. The van der Waals surface area contributed by atoms with Gasteiger partial charge in [-0.25, -0.2) is 0 Å². The van der Waals surface area contributed by atoms with Crippen molar-refractivity contribution < 1.29 is 19.8 Å². The van der Waals surface area contributed by atoms with E-state index >= 15 is 0 Å². The first-order chi connectivity index (χ1) is 8.54. The van der Waals surface area contributed by atoms with Crippen LogP contribution in [0.5, 0.6) is 0 Å². The predicted octanol–water partition coefficient (Wildman–Crippen LogP) is -0.565. The number of carbonyl (C=O) groups is 2. The lowest BCUT2D eigenvalue weighted by Gasteiger charge is -2.18. The lowest BCUT2D eigenvalue weighted by Crippen LogP contribution is -2.29. The first kappa shape index (κ1) is 12.7. The smallest absolute Gasteiger partial charge is 0.296 e. The van der Waals surface area contributed by atoms with Gasteiger partial charge in [-0.05, 0) is 24.7 Å². The second-order valence-corrected chi connectivity index (χ2v) is 4.16. The number of carbonyl (C=O) groups excluding carboxylic acids is 2. The molecule has 1 amide bonds. The third kappa shape index (κ3) is 2.13. The van der Waals surface area contributed by atoms with Gasteiger partial charge in [0, 0.05) is 6.54 Å². The fourth-order valence-electron chi connectivity index (χ4n) is 1.89. The lowest BCUT2D eigenvalue weighted by atomic mass is 10.0. The molecule has 18 heavy (non-hydrogen) atoms. The molecule has 1 aliphatic heterocycles. The zero-order valence-corrected chi connectivity index (χ0v) is 9.80. The van der Waals surface area contributed by atoms with Crippen molar-refractivity contribution in [2.45, 2.75) is 12.2 Å². The SMILES string of the molecule is CNCC(O)C(O)c1ccc2c(c1)NC(=O)C2=O. The maximum atomic E-state index is 11.4. The summed E-state index contributed by atoms with van der Waals surface area (Å²) in [6.45, 7) is 0.240. The average molecular weight is 250 g/mol. The molecule has 0 radical (unpaired) electrons. The molecular formula is C12H14N2O4. The molecule has 2 unspecified atom stereocenters. The highest BCUT2D eigenvalue weighted by Crippen LogP contribution is 2.27. The molecule has 0 saturated carbocycles. The number of hydrogen-bond donors (Lipinski definition) is 4. The molecule has 0 bridgehead atoms. The van der Waals surface area contributed by atoms with Crippen molar-refractivity contribution in [1.29, 1.82) is 0 Å². The van der Waals surface area contributed by atoms with Crippen molar-refractivity contribution in [3.05, 3.63) is 29.3 Å². The van der Waals surface area contributed by atoms with Crippen LogP contribution in [-0.4, -0.2) is 41.6 Å². The summed E-state index contributed by atoms with van der Waals surface area (Å²) in [6.07, 6.45) is -2.03. The third-order valence-corrected chi connectivity index (χ3v) is 2.86. The highest BCUT2D eigenvalue weighted by Gasteiger charge is 2.29. The van der Waals surface area contributed by atoms with Crippen molar-refractivity contribution in [2.75, 3.05) is 18.9 Å². The van der Waals surface area contributed by atoms with E-state index in [-0.39, 0.29) is 6.54 Å². The number of likely N-dealkylation sites (N-methyl/N-ethyl adjacent to an activating group) is 1. The maximum absolute atomic E-state index is 11.4. The highest BCUT2D eigenvalue weighted by molar-refractivity contribution is 6.51. The van der Waals surface area contributed by atoms with Crippen LogP contribution in [0.2, 0.25) is 0 Å². The number of ketones is 1. The minimum Gasteiger partial charge on any atom is -0.389 e. The number of rotatable bonds is 4. The Morgan fingerprint density at radius 1 is 1.33 bits per heavy atom. The molecule has 6 nitrogen and oxygen atoms in total. The Kier molecular flexibility index (Phi) is 3.42. The van der Waals surface area contributed by atoms with Gasteiger partial charge in [0.15, 0.2) is 0 Å². The molecule has 1 heterocycles. The second kappa shape index (κ2) is 4.85. The summed E-state index contributed by atoms with van der Waals surface area (Å²) in [5.41, 5.74) is 1.11. The normalized spacial score (nSPS) is 17.3. The minimum absolute atomic E-state index is 0.240. The highest BCUT2D eigenvalue weighted by atomic mass is 16.3. The lowest BCUT2D eigenvalue weighted by molar-refractivity contribution is -0.112. The van der Waals surface area contributed by atoms with Crippen LogP contribution in [0, 0.1) is 0 Å².